The van der Waals surface area contributed by atoms with Gasteiger partial charge in [-0.2, -0.15) is 23.4 Å². The smallest absolute Gasteiger partial charge is 0.495 e. The third-order valence-corrected chi connectivity index (χ3v) is 8.86. The van der Waals surface area contributed by atoms with Crippen LogP contribution in [0.15, 0.2) is 36.5 Å². The monoisotopic (exact) mass is 497 g/mol. The van der Waals surface area contributed by atoms with E-state index in [9.17, 15) is 13.2 Å². The van der Waals surface area contributed by atoms with E-state index >= 15 is 0 Å². The van der Waals surface area contributed by atoms with Crippen molar-refractivity contribution in [3.05, 3.63) is 42.1 Å². The van der Waals surface area contributed by atoms with Crippen LogP contribution >= 0.6 is 0 Å². The number of ether oxygens (including phenoxy) is 1. The summed E-state index contributed by atoms with van der Waals surface area (Å²) in [5.74, 6) is 0.810. The van der Waals surface area contributed by atoms with Crippen LogP contribution in [-0.2, 0) is 15.5 Å². The van der Waals surface area contributed by atoms with Crippen LogP contribution in [0, 0.1) is 17.3 Å². The van der Waals surface area contributed by atoms with E-state index in [1.54, 1.807) is 18.2 Å². The predicted octanol–water partition coefficient (Wildman–Crippen LogP) is 4.84. The van der Waals surface area contributed by atoms with E-state index in [1.807, 2.05) is 6.92 Å². The van der Waals surface area contributed by atoms with Crippen molar-refractivity contribution in [2.75, 3.05) is 12.8 Å². The molecular formula is C26H27BF3N3O3. The number of rotatable bonds is 3. The van der Waals surface area contributed by atoms with Gasteiger partial charge in [0.05, 0.1) is 41.8 Å². The third-order valence-electron chi connectivity index (χ3n) is 8.86. The number of nitrogens with zero attached hydrogens (tertiary/aromatic N) is 2. The zero-order valence-corrected chi connectivity index (χ0v) is 20.5. The highest BCUT2D eigenvalue weighted by molar-refractivity contribution is 6.62. The van der Waals surface area contributed by atoms with Crippen LogP contribution in [0.25, 0.3) is 22.0 Å². The fourth-order valence-corrected chi connectivity index (χ4v) is 6.68. The largest absolute Gasteiger partial charge is 0.496 e. The molecule has 4 aliphatic rings. The van der Waals surface area contributed by atoms with E-state index in [-0.39, 0.29) is 28.6 Å². The second kappa shape index (κ2) is 7.58. The number of aromatic nitrogens is 2. The maximum Gasteiger partial charge on any atom is 0.495 e. The highest BCUT2D eigenvalue weighted by Gasteiger charge is 2.68. The lowest BCUT2D eigenvalue weighted by molar-refractivity contribution is -0.199. The molecule has 1 aromatic heterocycles. The van der Waals surface area contributed by atoms with Crippen LogP contribution in [0.2, 0.25) is 0 Å². The van der Waals surface area contributed by atoms with Crippen LogP contribution in [0.4, 0.5) is 18.9 Å². The molecule has 1 aliphatic heterocycles. The standard InChI is InChI=1S/C26H27BF3N3O3/c1-24(2)14-8-22(24)25(3)23(9-14)35-27(36-25)18-10-16(21(34-4)11-17(18)26(28,29)30)13-5-6-15-19(31)12-32-33-20(15)7-13/h5-7,10-12,14,22-23H,8-9H2,1-4H3,(H2,31,33)/t14-,22-,23+,25-/m0/s1. The first-order valence-electron chi connectivity index (χ1n) is 12.1. The van der Waals surface area contributed by atoms with Crippen LogP contribution < -0.4 is 15.9 Å². The van der Waals surface area contributed by atoms with Crippen molar-refractivity contribution in [2.24, 2.45) is 17.3 Å². The van der Waals surface area contributed by atoms with Crippen molar-refractivity contribution in [2.45, 2.75) is 51.5 Å². The van der Waals surface area contributed by atoms with Crippen LogP contribution in [0.3, 0.4) is 0 Å². The number of anilines is 1. The topological polar surface area (TPSA) is 79.5 Å². The Morgan fingerprint density at radius 2 is 1.92 bits per heavy atom. The highest BCUT2D eigenvalue weighted by atomic mass is 19.4. The summed E-state index contributed by atoms with van der Waals surface area (Å²) < 4.78 is 60.9. The maximum atomic E-state index is 14.3. The molecule has 3 saturated carbocycles. The van der Waals surface area contributed by atoms with E-state index in [0.717, 1.165) is 18.9 Å². The number of alkyl halides is 3. The quantitative estimate of drug-likeness (QED) is 0.522. The predicted molar refractivity (Wildman–Crippen MR) is 131 cm³/mol. The molecule has 0 unspecified atom stereocenters. The first-order valence-corrected chi connectivity index (χ1v) is 12.1. The number of halogens is 3. The van der Waals surface area contributed by atoms with Gasteiger partial charge < -0.3 is 19.8 Å². The zero-order chi connectivity index (χ0) is 25.6. The van der Waals surface area contributed by atoms with Gasteiger partial charge in [-0.1, -0.05) is 26.0 Å². The van der Waals surface area contributed by atoms with E-state index in [2.05, 4.69) is 24.0 Å². The van der Waals surface area contributed by atoms with E-state index in [0.29, 0.717) is 33.6 Å². The number of benzene rings is 2. The fraction of sp³-hybridized carbons (Fsp3) is 0.462. The molecule has 4 atom stereocenters. The number of nitrogen functional groups attached to an aromatic ring is 1. The molecule has 6 nitrogen and oxygen atoms in total. The summed E-state index contributed by atoms with van der Waals surface area (Å²) in [6.45, 7) is 6.42. The summed E-state index contributed by atoms with van der Waals surface area (Å²) >= 11 is 0. The van der Waals surface area contributed by atoms with Crippen LogP contribution in [0.5, 0.6) is 5.75 Å². The number of fused-ring (bicyclic) bond motifs is 1. The van der Waals surface area contributed by atoms with Crippen molar-refractivity contribution in [3.8, 4) is 16.9 Å². The van der Waals surface area contributed by atoms with Gasteiger partial charge in [0.15, 0.2) is 0 Å². The van der Waals surface area contributed by atoms with Crippen molar-refractivity contribution >= 4 is 29.2 Å². The summed E-state index contributed by atoms with van der Waals surface area (Å²) in [7, 11) is 0.220. The van der Waals surface area contributed by atoms with Crippen LogP contribution in [0.1, 0.15) is 39.2 Å². The van der Waals surface area contributed by atoms with Gasteiger partial charge in [-0.15, -0.1) is 0 Å². The molecular weight excluding hydrogens is 470 g/mol. The number of nitrogens with two attached hydrogens (primary N) is 1. The Kier molecular flexibility index (Phi) is 4.96. The Morgan fingerprint density at radius 1 is 1.14 bits per heavy atom. The summed E-state index contributed by atoms with van der Waals surface area (Å²) in [5, 5.41) is 8.73. The molecule has 1 saturated heterocycles. The van der Waals surface area contributed by atoms with Gasteiger partial charge in [-0.25, -0.2) is 0 Å². The molecule has 2 heterocycles. The minimum Gasteiger partial charge on any atom is -0.496 e. The van der Waals surface area contributed by atoms with Gasteiger partial charge in [0.25, 0.3) is 0 Å². The summed E-state index contributed by atoms with van der Waals surface area (Å²) in [5.41, 5.74) is 6.66. The van der Waals surface area contributed by atoms with Crippen molar-refractivity contribution in [3.63, 3.8) is 0 Å². The van der Waals surface area contributed by atoms with E-state index < -0.39 is 24.5 Å². The lowest BCUT2D eigenvalue weighted by Crippen LogP contribution is -2.65. The fourth-order valence-electron chi connectivity index (χ4n) is 6.68. The van der Waals surface area contributed by atoms with Crippen molar-refractivity contribution in [1.82, 2.24) is 10.2 Å². The Labute approximate surface area is 207 Å². The lowest BCUT2D eigenvalue weighted by Gasteiger charge is -2.64. The van der Waals surface area contributed by atoms with Crippen molar-refractivity contribution in [1.29, 1.82) is 0 Å². The number of hydrogen-bond acceptors (Lipinski definition) is 6. The van der Waals surface area contributed by atoms with E-state index in [1.165, 1.54) is 19.4 Å². The van der Waals surface area contributed by atoms with Gasteiger partial charge in [0, 0.05) is 10.9 Å². The third kappa shape index (κ3) is 3.26. The zero-order valence-electron chi connectivity index (χ0n) is 20.5. The molecule has 188 valence electrons. The Bertz CT molecular complexity index is 1380. The Morgan fingerprint density at radius 3 is 2.61 bits per heavy atom. The lowest BCUT2D eigenvalue weighted by atomic mass is 9.43. The molecule has 7 rings (SSSR count). The summed E-state index contributed by atoms with van der Waals surface area (Å²) in [4.78, 5) is 0. The second-order valence-electron chi connectivity index (χ2n) is 11.0. The molecule has 0 amide bonds. The molecule has 2 bridgehead atoms. The molecule has 2 N–H and O–H groups in total. The Hall–Kier alpha value is -2.85. The average molecular weight is 497 g/mol. The minimum absolute atomic E-state index is 0.0531. The Balaban J connectivity index is 1.47. The van der Waals surface area contributed by atoms with Crippen molar-refractivity contribution < 1.29 is 27.2 Å². The van der Waals surface area contributed by atoms with Gasteiger partial charge >= 0.3 is 13.3 Å². The van der Waals surface area contributed by atoms with Gasteiger partial charge in [-0.05, 0) is 66.2 Å². The van der Waals surface area contributed by atoms with E-state index in [4.69, 9.17) is 19.8 Å². The molecule has 0 radical (unpaired) electrons. The molecule has 2 aromatic carbocycles. The summed E-state index contributed by atoms with van der Waals surface area (Å²) in [6, 6.07) is 7.80. The highest BCUT2D eigenvalue weighted by Crippen LogP contribution is 2.65. The molecule has 36 heavy (non-hydrogen) atoms. The molecule has 10 heteroatoms. The minimum atomic E-state index is -4.62. The number of hydrogen-bond donors (Lipinski definition) is 1. The van der Waals surface area contributed by atoms with Gasteiger partial charge in [-0.3, -0.25) is 0 Å². The molecule has 3 aliphatic carbocycles. The van der Waals surface area contributed by atoms with Crippen LogP contribution in [-0.4, -0.2) is 36.1 Å². The second-order valence-corrected chi connectivity index (χ2v) is 11.0. The normalized spacial score (nSPS) is 28.6. The average Bonchev–Trinajstić information content (AvgIpc) is 3.19. The molecule has 4 fully saturated rings. The summed E-state index contributed by atoms with van der Waals surface area (Å²) in [6.07, 6.45) is -1.61. The number of methoxy groups -OCH3 is 1. The maximum absolute atomic E-state index is 14.3. The molecule has 3 aromatic rings. The first kappa shape index (κ1) is 23.5. The first-order chi connectivity index (χ1) is 16.9. The van der Waals surface area contributed by atoms with Gasteiger partial charge in [0.1, 0.15) is 5.75 Å². The SMILES string of the molecule is COc1cc(C(F)(F)F)c(B2O[C@@H]3C[C@@H]4C[C@@H](C4(C)C)[C@]3(C)O2)cc1-c1ccc2c(N)cnnc2c1. The molecule has 0 spiro atoms. The van der Waals surface area contributed by atoms with Gasteiger partial charge in [0.2, 0.25) is 0 Å².